The monoisotopic (exact) mass is 318 g/mol. The molecule has 0 spiro atoms. The number of nitrogens with one attached hydrogen (secondary N) is 2. The van der Waals surface area contributed by atoms with E-state index in [-0.39, 0.29) is 30.3 Å². The van der Waals surface area contributed by atoms with Crippen LogP contribution >= 0.6 is 12.4 Å². The third-order valence-corrected chi connectivity index (χ3v) is 3.67. The third kappa shape index (κ3) is 5.59. The minimum Gasteiger partial charge on any atom is -0.356 e. The van der Waals surface area contributed by atoms with Crippen molar-refractivity contribution in [2.45, 2.75) is 25.7 Å². The summed E-state index contributed by atoms with van der Waals surface area (Å²) in [5.74, 6) is -1.10. The van der Waals surface area contributed by atoms with Gasteiger partial charge in [-0.25, -0.2) is 8.78 Å². The number of hydrogen-bond donors (Lipinski definition) is 2. The second-order valence-corrected chi connectivity index (χ2v) is 5.23. The molecule has 6 heteroatoms. The number of benzene rings is 1. The fourth-order valence-corrected chi connectivity index (χ4v) is 2.51. The highest BCUT2D eigenvalue weighted by Gasteiger charge is 2.15. The summed E-state index contributed by atoms with van der Waals surface area (Å²) >= 11 is 0. The summed E-state index contributed by atoms with van der Waals surface area (Å²) in [4.78, 5) is 11.7. The SMILES string of the molecule is Cl.O=C(Cc1c(F)cccc1F)NCCC1CCCNC1. The molecule has 1 atom stereocenters. The van der Waals surface area contributed by atoms with Gasteiger partial charge in [-0.3, -0.25) is 4.79 Å². The summed E-state index contributed by atoms with van der Waals surface area (Å²) in [5, 5.41) is 6.05. The van der Waals surface area contributed by atoms with E-state index in [0.717, 1.165) is 19.5 Å². The Morgan fingerprint density at radius 1 is 1.33 bits per heavy atom. The second kappa shape index (κ2) is 8.95. The smallest absolute Gasteiger partial charge is 0.224 e. The van der Waals surface area contributed by atoms with Crippen LogP contribution in [0.25, 0.3) is 0 Å². The van der Waals surface area contributed by atoms with Gasteiger partial charge in [0.15, 0.2) is 0 Å². The molecule has 3 nitrogen and oxygen atoms in total. The Kier molecular flexibility index (Phi) is 7.61. The first-order valence-corrected chi connectivity index (χ1v) is 7.07. The maximum atomic E-state index is 13.4. The van der Waals surface area contributed by atoms with E-state index in [1.807, 2.05) is 0 Å². The predicted octanol–water partition coefficient (Wildman–Crippen LogP) is 2.44. The Morgan fingerprint density at radius 2 is 2.05 bits per heavy atom. The van der Waals surface area contributed by atoms with Gasteiger partial charge in [-0.05, 0) is 50.4 Å². The largest absolute Gasteiger partial charge is 0.356 e. The normalized spacial score (nSPS) is 17.9. The molecular weight excluding hydrogens is 298 g/mol. The van der Waals surface area contributed by atoms with E-state index < -0.39 is 11.6 Å². The van der Waals surface area contributed by atoms with Gasteiger partial charge < -0.3 is 10.6 Å². The Morgan fingerprint density at radius 3 is 2.67 bits per heavy atom. The van der Waals surface area contributed by atoms with Crippen molar-refractivity contribution in [2.24, 2.45) is 5.92 Å². The second-order valence-electron chi connectivity index (χ2n) is 5.23. The van der Waals surface area contributed by atoms with Gasteiger partial charge >= 0.3 is 0 Å². The van der Waals surface area contributed by atoms with Gasteiger partial charge in [0.2, 0.25) is 5.91 Å². The van der Waals surface area contributed by atoms with E-state index in [1.165, 1.54) is 31.0 Å². The van der Waals surface area contributed by atoms with E-state index in [2.05, 4.69) is 10.6 Å². The zero-order valence-electron chi connectivity index (χ0n) is 11.8. The lowest BCUT2D eigenvalue weighted by Crippen LogP contribution is -2.33. The Balaban J connectivity index is 0.00000220. The molecule has 0 bridgehead atoms. The molecule has 1 aliphatic heterocycles. The molecule has 1 fully saturated rings. The zero-order valence-corrected chi connectivity index (χ0v) is 12.6. The van der Waals surface area contributed by atoms with E-state index >= 15 is 0 Å². The van der Waals surface area contributed by atoms with Crippen LogP contribution in [-0.4, -0.2) is 25.5 Å². The quantitative estimate of drug-likeness (QED) is 0.875. The zero-order chi connectivity index (χ0) is 14.4. The molecule has 1 heterocycles. The Labute approximate surface area is 129 Å². The molecular formula is C15H21ClF2N2O. The summed E-state index contributed by atoms with van der Waals surface area (Å²) in [7, 11) is 0. The lowest BCUT2D eigenvalue weighted by atomic mass is 9.96. The molecule has 1 saturated heterocycles. The first-order chi connectivity index (χ1) is 9.66. The van der Waals surface area contributed by atoms with Crippen LogP contribution in [0.3, 0.4) is 0 Å². The minimum absolute atomic E-state index is 0. The van der Waals surface area contributed by atoms with Gasteiger partial charge in [0.1, 0.15) is 11.6 Å². The van der Waals surface area contributed by atoms with Crippen molar-refractivity contribution in [3.05, 3.63) is 35.4 Å². The van der Waals surface area contributed by atoms with E-state index in [4.69, 9.17) is 0 Å². The van der Waals surface area contributed by atoms with Crippen LogP contribution in [0.1, 0.15) is 24.8 Å². The Bertz CT molecular complexity index is 445. The third-order valence-electron chi connectivity index (χ3n) is 3.67. The van der Waals surface area contributed by atoms with Crippen LogP contribution in [0.2, 0.25) is 0 Å². The van der Waals surface area contributed by atoms with Gasteiger partial charge in [-0.1, -0.05) is 6.07 Å². The number of carbonyl (C=O) groups is 1. The molecule has 118 valence electrons. The van der Waals surface area contributed by atoms with Crippen LogP contribution in [0.15, 0.2) is 18.2 Å². The van der Waals surface area contributed by atoms with Gasteiger partial charge in [0.25, 0.3) is 0 Å². The van der Waals surface area contributed by atoms with Crippen molar-refractivity contribution < 1.29 is 13.6 Å². The number of amides is 1. The predicted molar refractivity (Wildman–Crippen MR) is 80.5 cm³/mol. The molecule has 1 unspecified atom stereocenters. The van der Waals surface area contributed by atoms with Crippen LogP contribution in [0.4, 0.5) is 8.78 Å². The highest BCUT2D eigenvalue weighted by molar-refractivity contribution is 5.85. The maximum absolute atomic E-state index is 13.4. The van der Waals surface area contributed by atoms with Crippen LogP contribution in [-0.2, 0) is 11.2 Å². The topological polar surface area (TPSA) is 41.1 Å². The number of rotatable bonds is 5. The van der Waals surface area contributed by atoms with Crippen molar-refractivity contribution in [1.29, 1.82) is 0 Å². The minimum atomic E-state index is -0.670. The first-order valence-electron chi connectivity index (χ1n) is 7.07. The molecule has 0 aliphatic carbocycles. The molecule has 21 heavy (non-hydrogen) atoms. The molecule has 0 aromatic heterocycles. The molecule has 2 N–H and O–H groups in total. The molecule has 1 amide bonds. The molecule has 2 rings (SSSR count). The average Bonchev–Trinajstić information content (AvgIpc) is 2.44. The molecule has 0 radical (unpaired) electrons. The van der Waals surface area contributed by atoms with Gasteiger partial charge in [-0.15, -0.1) is 12.4 Å². The summed E-state index contributed by atoms with van der Waals surface area (Å²) in [6, 6.07) is 3.63. The van der Waals surface area contributed by atoms with Gasteiger partial charge in [-0.2, -0.15) is 0 Å². The lowest BCUT2D eigenvalue weighted by Gasteiger charge is -2.22. The van der Waals surface area contributed by atoms with Gasteiger partial charge in [0.05, 0.1) is 6.42 Å². The van der Waals surface area contributed by atoms with E-state index in [9.17, 15) is 13.6 Å². The number of hydrogen-bond acceptors (Lipinski definition) is 2. The van der Waals surface area contributed by atoms with Crippen molar-refractivity contribution in [3.8, 4) is 0 Å². The number of halogens is 3. The Hall–Kier alpha value is -1.20. The van der Waals surface area contributed by atoms with E-state index in [1.54, 1.807) is 0 Å². The average molecular weight is 319 g/mol. The fourth-order valence-electron chi connectivity index (χ4n) is 2.51. The molecule has 1 aromatic carbocycles. The number of piperidine rings is 1. The van der Waals surface area contributed by atoms with Crippen molar-refractivity contribution in [2.75, 3.05) is 19.6 Å². The van der Waals surface area contributed by atoms with Crippen LogP contribution in [0.5, 0.6) is 0 Å². The molecule has 0 saturated carbocycles. The fraction of sp³-hybridized carbons (Fsp3) is 0.533. The number of carbonyl (C=O) groups excluding carboxylic acids is 1. The van der Waals surface area contributed by atoms with Gasteiger partial charge in [0, 0.05) is 12.1 Å². The highest BCUT2D eigenvalue weighted by Crippen LogP contribution is 2.14. The standard InChI is InChI=1S/C15H20F2N2O.ClH/c16-13-4-1-5-14(17)12(13)9-15(20)19-8-6-11-3-2-7-18-10-11;/h1,4-5,11,18H,2-3,6-10H2,(H,19,20);1H. The molecule has 1 aromatic rings. The van der Waals surface area contributed by atoms with Crippen molar-refractivity contribution >= 4 is 18.3 Å². The molecule has 1 aliphatic rings. The van der Waals surface area contributed by atoms with Crippen LogP contribution < -0.4 is 10.6 Å². The van der Waals surface area contributed by atoms with Crippen molar-refractivity contribution in [3.63, 3.8) is 0 Å². The summed E-state index contributed by atoms with van der Waals surface area (Å²) in [6.07, 6.45) is 2.99. The van der Waals surface area contributed by atoms with Crippen LogP contribution in [0, 0.1) is 17.6 Å². The lowest BCUT2D eigenvalue weighted by molar-refractivity contribution is -0.120. The first kappa shape index (κ1) is 17.9. The van der Waals surface area contributed by atoms with Crippen molar-refractivity contribution in [1.82, 2.24) is 10.6 Å². The summed E-state index contributed by atoms with van der Waals surface area (Å²) < 4.78 is 26.8. The summed E-state index contributed by atoms with van der Waals surface area (Å²) in [5.41, 5.74) is -0.163. The highest BCUT2D eigenvalue weighted by atomic mass is 35.5. The van der Waals surface area contributed by atoms with E-state index in [0.29, 0.717) is 12.5 Å². The maximum Gasteiger partial charge on any atom is 0.224 e. The summed E-state index contributed by atoms with van der Waals surface area (Å²) in [6.45, 7) is 2.61.